The molecule has 0 unspecified atom stereocenters. The summed E-state index contributed by atoms with van der Waals surface area (Å²) in [5, 5.41) is 38.9. The van der Waals surface area contributed by atoms with Crippen LogP contribution in [0, 0.1) is 0 Å². The van der Waals surface area contributed by atoms with Crippen molar-refractivity contribution in [2.75, 3.05) is 6.61 Å². The minimum absolute atomic E-state index is 0.0434. The Kier molecular flexibility index (Phi) is 4.95. The largest absolute Gasteiger partial charge is 0.507 e. The molecule has 1 saturated heterocycles. The van der Waals surface area contributed by atoms with Gasteiger partial charge in [0.25, 0.3) is 0 Å². The lowest BCUT2D eigenvalue weighted by atomic mass is 10.1. The first-order valence-electron chi connectivity index (χ1n) is 7.69. The maximum atomic E-state index is 12.2. The molecule has 1 fully saturated rings. The first-order valence-corrected chi connectivity index (χ1v) is 7.69. The Morgan fingerprint density at radius 1 is 1.20 bits per heavy atom. The third-order valence-corrected chi connectivity index (χ3v) is 4.00. The van der Waals surface area contributed by atoms with Crippen LogP contribution < -0.4 is 5.69 Å². The molecule has 132 valence electrons. The fraction of sp³-hybridized carbons (Fsp3) is 0.294. The number of ether oxygens (including phenoxy) is 1. The normalized spacial score (nSPS) is 26.8. The molecule has 0 spiro atoms. The molecule has 0 radical (unpaired) electrons. The Bertz CT molecular complexity index is 819. The zero-order chi connectivity index (χ0) is 18.0. The van der Waals surface area contributed by atoms with Crippen LogP contribution in [0.4, 0.5) is 0 Å². The van der Waals surface area contributed by atoms with E-state index < -0.39 is 36.8 Å². The molecule has 4 N–H and O–H groups in total. The van der Waals surface area contributed by atoms with Crippen molar-refractivity contribution < 1.29 is 25.2 Å². The number of hydrogen-bond acceptors (Lipinski definition) is 7. The lowest BCUT2D eigenvalue weighted by molar-refractivity contribution is -0.0549. The van der Waals surface area contributed by atoms with Gasteiger partial charge in [0.15, 0.2) is 6.23 Å². The molecule has 0 amide bonds. The lowest BCUT2D eigenvalue weighted by Crippen LogP contribution is -2.36. The van der Waals surface area contributed by atoms with Crippen LogP contribution in [0.5, 0.6) is 0 Å². The highest BCUT2D eigenvalue weighted by Gasteiger charge is 2.43. The molecule has 1 aromatic heterocycles. The Hall–Kier alpha value is -2.52. The van der Waals surface area contributed by atoms with Gasteiger partial charge in [-0.25, -0.2) is 4.79 Å². The van der Waals surface area contributed by atoms with Gasteiger partial charge in [-0.15, -0.1) is 0 Å². The van der Waals surface area contributed by atoms with E-state index >= 15 is 0 Å². The van der Waals surface area contributed by atoms with Gasteiger partial charge in [-0.1, -0.05) is 30.3 Å². The number of benzene rings is 1. The molecule has 0 saturated carbocycles. The summed E-state index contributed by atoms with van der Waals surface area (Å²) in [4.78, 5) is 16.0. The van der Waals surface area contributed by atoms with E-state index in [1.165, 1.54) is 18.3 Å². The summed E-state index contributed by atoms with van der Waals surface area (Å²) in [6, 6.07) is 10.3. The van der Waals surface area contributed by atoms with Crippen molar-refractivity contribution in [1.82, 2.24) is 9.55 Å². The fourth-order valence-electron chi connectivity index (χ4n) is 2.64. The number of hydrogen-bond donors (Lipinski definition) is 4. The molecule has 1 aliphatic rings. The van der Waals surface area contributed by atoms with Crippen LogP contribution in [-0.4, -0.2) is 54.9 Å². The van der Waals surface area contributed by atoms with Gasteiger partial charge in [-0.05, 0) is 6.07 Å². The Morgan fingerprint density at radius 3 is 2.52 bits per heavy atom. The predicted molar refractivity (Wildman–Crippen MR) is 88.4 cm³/mol. The quantitative estimate of drug-likeness (QED) is 0.570. The van der Waals surface area contributed by atoms with Gasteiger partial charge in [0.1, 0.15) is 24.1 Å². The highest BCUT2D eigenvalue weighted by Crippen LogP contribution is 2.28. The SMILES string of the molecule is O=c1nc(/C=C(\O)c2ccccc2)ccn1[C@@H]1O[C@H](CO)[C@@H](O)[C@H]1O. The second-order valence-electron chi connectivity index (χ2n) is 5.67. The van der Waals surface area contributed by atoms with Crippen LogP contribution in [0.2, 0.25) is 0 Å². The third-order valence-electron chi connectivity index (χ3n) is 4.00. The van der Waals surface area contributed by atoms with Crippen molar-refractivity contribution in [3.05, 3.63) is 64.3 Å². The maximum Gasteiger partial charge on any atom is 0.350 e. The summed E-state index contributed by atoms with van der Waals surface area (Å²) in [5.74, 6) is -0.0434. The van der Waals surface area contributed by atoms with Crippen LogP contribution in [0.25, 0.3) is 11.8 Å². The number of aliphatic hydroxyl groups is 4. The first kappa shape index (κ1) is 17.3. The predicted octanol–water partition coefficient (Wildman–Crippen LogP) is -0.0891. The van der Waals surface area contributed by atoms with E-state index in [2.05, 4.69) is 4.98 Å². The van der Waals surface area contributed by atoms with Crippen LogP contribution >= 0.6 is 0 Å². The second-order valence-corrected chi connectivity index (χ2v) is 5.67. The number of nitrogens with zero attached hydrogens (tertiary/aromatic N) is 2. The average molecular weight is 346 g/mol. The standard InChI is InChI=1S/C17H18N2O6/c20-9-13-14(22)15(23)16(25-13)19-7-6-11(18-17(19)24)8-12(21)10-4-2-1-3-5-10/h1-8,13-16,20-23H,9H2/b12-8-/t13-,14-,15-,16-/m1/s1. The number of aliphatic hydroxyl groups excluding tert-OH is 4. The summed E-state index contributed by atoms with van der Waals surface area (Å²) in [6.07, 6.45) is -2.10. The number of rotatable bonds is 4. The van der Waals surface area contributed by atoms with Gasteiger partial charge < -0.3 is 25.2 Å². The van der Waals surface area contributed by atoms with Crippen molar-refractivity contribution >= 4 is 11.8 Å². The molecular formula is C17H18N2O6. The molecule has 1 aliphatic heterocycles. The van der Waals surface area contributed by atoms with Gasteiger partial charge in [-0.3, -0.25) is 4.57 Å². The fourth-order valence-corrected chi connectivity index (χ4v) is 2.64. The Labute approximate surface area is 142 Å². The van der Waals surface area contributed by atoms with Crippen molar-refractivity contribution in [2.45, 2.75) is 24.5 Å². The van der Waals surface area contributed by atoms with Crippen LogP contribution in [0.1, 0.15) is 17.5 Å². The van der Waals surface area contributed by atoms with Gasteiger partial charge in [0, 0.05) is 17.8 Å². The third kappa shape index (κ3) is 3.47. The molecule has 4 atom stereocenters. The Morgan fingerprint density at radius 2 is 1.92 bits per heavy atom. The molecule has 0 bridgehead atoms. The summed E-state index contributed by atoms with van der Waals surface area (Å²) in [7, 11) is 0. The monoisotopic (exact) mass is 346 g/mol. The topological polar surface area (TPSA) is 125 Å². The molecule has 2 heterocycles. The molecule has 3 rings (SSSR count). The van der Waals surface area contributed by atoms with Crippen LogP contribution in [0.15, 0.2) is 47.4 Å². The minimum Gasteiger partial charge on any atom is -0.507 e. The molecule has 8 nitrogen and oxygen atoms in total. The molecule has 8 heteroatoms. The molecule has 2 aromatic rings. The molecular weight excluding hydrogens is 328 g/mol. The Balaban J connectivity index is 1.86. The maximum absolute atomic E-state index is 12.2. The highest BCUT2D eigenvalue weighted by atomic mass is 16.6. The van der Waals surface area contributed by atoms with Crippen molar-refractivity contribution in [3.63, 3.8) is 0 Å². The van der Waals surface area contributed by atoms with E-state index in [0.717, 1.165) is 4.57 Å². The minimum atomic E-state index is -1.37. The zero-order valence-corrected chi connectivity index (χ0v) is 13.1. The van der Waals surface area contributed by atoms with Gasteiger partial charge >= 0.3 is 5.69 Å². The van der Waals surface area contributed by atoms with Gasteiger partial charge in [-0.2, -0.15) is 4.98 Å². The van der Waals surface area contributed by atoms with Crippen LogP contribution in [0.3, 0.4) is 0 Å². The van der Waals surface area contributed by atoms with E-state index in [9.17, 15) is 20.1 Å². The zero-order valence-electron chi connectivity index (χ0n) is 13.1. The smallest absolute Gasteiger partial charge is 0.350 e. The second kappa shape index (κ2) is 7.16. The molecule has 25 heavy (non-hydrogen) atoms. The van der Waals surface area contributed by atoms with Crippen LogP contribution in [-0.2, 0) is 4.74 Å². The van der Waals surface area contributed by atoms with Gasteiger partial charge in [0.05, 0.1) is 12.3 Å². The van der Waals surface area contributed by atoms with Crippen molar-refractivity contribution in [3.8, 4) is 0 Å². The van der Waals surface area contributed by atoms with E-state index in [-0.39, 0.29) is 11.5 Å². The summed E-state index contributed by atoms with van der Waals surface area (Å²) in [5.41, 5.74) is 0.0933. The average Bonchev–Trinajstić information content (AvgIpc) is 2.91. The summed E-state index contributed by atoms with van der Waals surface area (Å²) >= 11 is 0. The van der Waals surface area contributed by atoms with E-state index in [1.54, 1.807) is 24.3 Å². The summed E-state index contributed by atoms with van der Waals surface area (Å²) < 4.78 is 6.33. The van der Waals surface area contributed by atoms with Crippen molar-refractivity contribution in [2.24, 2.45) is 0 Å². The lowest BCUT2D eigenvalue weighted by Gasteiger charge is -2.16. The van der Waals surface area contributed by atoms with Crippen molar-refractivity contribution in [1.29, 1.82) is 0 Å². The van der Waals surface area contributed by atoms with E-state index in [0.29, 0.717) is 5.56 Å². The summed E-state index contributed by atoms with van der Waals surface area (Å²) in [6.45, 7) is -0.483. The van der Waals surface area contributed by atoms with Gasteiger partial charge in [0.2, 0.25) is 0 Å². The number of aromatic nitrogens is 2. The highest BCUT2D eigenvalue weighted by molar-refractivity contribution is 5.74. The molecule has 0 aliphatic carbocycles. The van der Waals surface area contributed by atoms with E-state index in [4.69, 9.17) is 9.84 Å². The molecule has 1 aromatic carbocycles. The van der Waals surface area contributed by atoms with E-state index in [1.807, 2.05) is 6.07 Å². The first-order chi connectivity index (χ1) is 12.0.